The Labute approximate surface area is 99.5 Å². The zero-order valence-corrected chi connectivity index (χ0v) is 9.80. The van der Waals surface area contributed by atoms with Crippen molar-refractivity contribution in [2.75, 3.05) is 13.1 Å². The number of amides is 2. The van der Waals surface area contributed by atoms with E-state index >= 15 is 0 Å². The van der Waals surface area contributed by atoms with Gasteiger partial charge in [-0.25, -0.2) is 0 Å². The molecule has 0 bridgehead atoms. The average molecular weight is 239 g/mol. The molecule has 1 saturated heterocycles. The highest BCUT2D eigenvalue weighted by atomic mass is 16.3. The number of aliphatic hydroxyl groups excluding tert-OH is 1. The number of hydrogen-bond donors (Lipinski definition) is 2. The van der Waals surface area contributed by atoms with E-state index < -0.39 is 23.5 Å². The molecule has 3 N–H and O–H groups in total. The van der Waals surface area contributed by atoms with Crippen molar-refractivity contribution in [2.24, 2.45) is 16.1 Å². The molecule has 2 aliphatic rings. The van der Waals surface area contributed by atoms with Crippen molar-refractivity contribution in [3.63, 3.8) is 0 Å². The minimum Gasteiger partial charge on any atom is -0.391 e. The SMILES string of the molecule is C[C@@H](O)[C@@H](C(N)=O)N1CC2(CCC=NC2)C1=O. The lowest BCUT2D eigenvalue weighted by Gasteiger charge is -2.52. The molecule has 0 aromatic rings. The van der Waals surface area contributed by atoms with Crippen LogP contribution < -0.4 is 5.73 Å². The summed E-state index contributed by atoms with van der Waals surface area (Å²) in [6, 6.07) is -0.918. The van der Waals surface area contributed by atoms with Gasteiger partial charge in [0, 0.05) is 6.54 Å². The van der Waals surface area contributed by atoms with Crippen LogP contribution in [-0.4, -0.2) is 53.3 Å². The van der Waals surface area contributed by atoms with Crippen LogP contribution in [0.15, 0.2) is 4.99 Å². The fourth-order valence-electron chi connectivity index (χ4n) is 2.61. The zero-order valence-electron chi connectivity index (χ0n) is 9.80. The zero-order chi connectivity index (χ0) is 12.6. The Hall–Kier alpha value is -1.43. The molecular weight excluding hydrogens is 222 g/mol. The van der Waals surface area contributed by atoms with Gasteiger partial charge in [0.25, 0.3) is 0 Å². The molecule has 0 aromatic carbocycles. The smallest absolute Gasteiger partial charge is 0.242 e. The van der Waals surface area contributed by atoms with Gasteiger partial charge in [0.15, 0.2) is 0 Å². The summed E-state index contributed by atoms with van der Waals surface area (Å²) < 4.78 is 0. The number of carbonyl (C=O) groups is 2. The third-order valence-electron chi connectivity index (χ3n) is 3.55. The van der Waals surface area contributed by atoms with Gasteiger partial charge in [-0.15, -0.1) is 0 Å². The van der Waals surface area contributed by atoms with Gasteiger partial charge in [0.05, 0.1) is 18.1 Å². The molecule has 94 valence electrons. The molecule has 2 rings (SSSR count). The minimum atomic E-state index is -0.944. The maximum absolute atomic E-state index is 12.1. The fraction of sp³-hybridized carbons (Fsp3) is 0.727. The average Bonchev–Trinajstić information content (AvgIpc) is 2.28. The second kappa shape index (κ2) is 4.10. The maximum Gasteiger partial charge on any atom is 0.242 e. The van der Waals surface area contributed by atoms with Crippen molar-refractivity contribution in [1.29, 1.82) is 0 Å². The summed E-state index contributed by atoms with van der Waals surface area (Å²) in [6.07, 6.45) is 2.43. The molecule has 0 saturated carbocycles. The number of aliphatic hydroxyl groups is 1. The molecule has 1 spiro atoms. The summed E-state index contributed by atoms with van der Waals surface area (Å²) in [4.78, 5) is 28.9. The van der Waals surface area contributed by atoms with Crippen LogP contribution in [0.1, 0.15) is 19.8 Å². The first-order valence-corrected chi connectivity index (χ1v) is 5.75. The van der Waals surface area contributed by atoms with Crippen molar-refractivity contribution in [1.82, 2.24) is 4.90 Å². The number of rotatable bonds is 3. The summed E-state index contributed by atoms with van der Waals surface area (Å²) in [7, 11) is 0. The largest absolute Gasteiger partial charge is 0.391 e. The number of primary amides is 1. The van der Waals surface area contributed by atoms with Crippen LogP contribution in [0.2, 0.25) is 0 Å². The van der Waals surface area contributed by atoms with Crippen LogP contribution in [0.5, 0.6) is 0 Å². The monoisotopic (exact) mass is 239 g/mol. The third kappa shape index (κ3) is 1.82. The van der Waals surface area contributed by atoms with E-state index in [0.717, 1.165) is 12.8 Å². The van der Waals surface area contributed by atoms with Gasteiger partial charge in [-0.2, -0.15) is 0 Å². The minimum absolute atomic E-state index is 0.112. The first kappa shape index (κ1) is 12.0. The molecule has 2 aliphatic heterocycles. The van der Waals surface area contributed by atoms with E-state index in [2.05, 4.69) is 4.99 Å². The Kier molecular flexibility index (Phi) is 2.91. The van der Waals surface area contributed by atoms with Gasteiger partial charge in [-0.05, 0) is 26.0 Å². The summed E-state index contributed by atoms with van der Waals surface area (Å²) in [6.45, 7) is 2.40. The van der Waals surface area contributed by atoms with Crippen molar-refractivity contribution >= 4 is 18.0 Å². The van der Waals surface area contributed by atoms with E-state index in [4.69, 9.17) is 5.73 Å². The molecule has 17 heavy (non-hydrogen) atoms. The molecule has 1 fully saturated rings. The normalized spacial score (nSPS) is 31.2. The highest BCUT2D eigenvalue weighted by Gasteiger charge is 2.55. The van der Waals surface area contributed by atoms with Gasteiger partial charge in [-0.3, -0.25) is 14.6 Å². The standard InChI is InChI=1S/C11H17N3O3/c1-7(15)8(9(12)16)14-6-11(10(14)17)3-2-4-13-5-11/h4,7-8,15H,2-3,5-6H2,1H3,(H2,12,16)/t7-,8+,11?/m1/s1. The van der Waals surface area contributed by atoms with Crippen LogP contribution in [0, 0.1) is 5.41 Å². The predicted octanol–water partition coefficient (Wildman–Crippen LogP) is -1.09. The highest BCUT2D eigenvalue weighted by molar-refractivity contribution is 5.95. The van der Waals surface area contributed by atoms with Crippen LogP contribution in [0.3, 0.4) is 0 Å². The van der Waals surface area contributed by atoms with E-state index in [-0.39, 0.29) is 5.91 Å². The van der Waals surface area contributed by atoms with Crippen molar-refractivity contribution in [2.45, 2.75) is 31.9 Å². The van der Waals surface area contributed by atoms with Crippen molar-refractivity contribution < 1.29 is 14.7 Å². The molecule has 3 atom stereocenters. The van der Waals surface area contributed by atoms with Gasteiger partial charge >= 0.3 is 0 Å². The Morgan fingerprint density at radius 1 is 1.71 bits per heavy atom. The molecular formula is C11H17N3O3. The lowest BCUT2D eigenvalue weighted by molar-refractivity contribution is -0.171. The molecule has 2 amide bonds. The number of carbonyl (C=O) groups excluding carboxylic acids is 2. The number of β-lactam (4-membered cyclic amide) rings is 1. The van der Waals surface area contributed by atoms with Gasteiger partial charge in [0.2, 0.25) is 11.8 Å². The summed E-state index contributed by atoms with van der Waals surface area (Å²) in [5.41, 5.74) is 4.76. The second-order valence-corrected chi connectivity index (χ2v) is 4.86. The van der Waals surface area contributed by atoms with Crippen LogP contribution >= 0.6 is 0 Å². The number of aliphatic imine (C=N–C) groups is 1. The van der Waals surface area contributed by atoms with Gasteiger partial charge in [0.1, 0.15) is 6.04 Å². The Balaban J connectivity index is 2.10. The fourth-order valence-corrected chi connectivity index (χ4v) is 2.61. The molecule has 6 nitrogen and oxygen atoms in total. The van der Waals surface area contributed by atoms with E-state index in [1.165, 1.54) is 11.8 Å². The first-order chi connectivity index (χ1) is 7.98. The molecule has 0 aliphatic carbocycles. The van der Waals surface area contributed by atoms with Gasteiger partial charge < -0.3 is 15.7 Å². The maximum atomic E-state index is 12.1. The Bertz CT molecular complexity index is 380. The van der Waals surface area contributed by atoms with E-state index in [1.807, 2.05) is 6.21 Å². The molecule has 0 aromatic heterocycles. The molecule has 6 heteroatoms. The van der Waals surface area contributed by atoms with Crippen LogP contribution in [-0.2, 0) is 9.59 Å². The second-order valence-electron chi connectivity index (χ2n) is 4.86. The van der Waals surface area contributed by atoms with E-state index in [0.29, 0.717) is 13.1 Å². The number of likely N-dealkylation sites (tertiary alicyclic amines) is 1. The highest BCUT2D eigenvalue weighted by Crippen LogP contribution is 2.40. The summed E-state index contributed by atoms with van der Waals surface area (Å²) in [5, 5.41) is 9.50. The molecule has 2 heterocycles. The predicted molar refractivity (Wildman–Crippen MR) is 61.4 cm³/mol. The lowest BCUT2D eigenvalue weighted by atomic mass is 9.72. The van der Waals surface area contributed by atoms with E-state index in [1.54, 1.807) is 0 Å². The van der Waals surface area contributed by atoms with E-state index in [9.17, 15) is 14.7 Å². The van der Waals surface area contributed by atoms with Gasteiger partial charge in [-0.1, -0.05) is 0 Å². The lowest BCUT2D eigenvalue weighted by Crippen LogP contribution is -2.70. The summed E-state index contributed by atoms with van der Waals surface area (Å²) >= 11 is 0. The first-order valence-electron chi connectivity index (χ1n) is 5.75. The third-order valence-corrected chi connectivity index (χ3v) is 3.55. The Morgan fingerprint density at radius 3 is 2.82 bits per heavy atom. The number of nitrogens with zero attached hydrogens (tertiary/aromatic N) is 2. The summed E-state index contributed by atoms with van der Waals surface area (Å²) in [5.74, 6) is -0.776. The van der Waals surface area contributed by atoms with Crippen LogP contribution in [0.25, 0.3) is 0 Å². The topological polar surface area (TPSA) is 96.0 Å². The molecule has 1 unspecified atom stereocenters. The number of nitrogens with two attached hydrogens (primary N) is 1. The van der Waals surface area contributed by atoms with Crippen molar-refractivity contribution in [3.05, 3.63) is 0 Å². The quantitative estimate of drug-likeness (QED) is 0.613. The molecule has 0 radical (unpaired) electrons. The number of hydrogen-bond acceptors (Lipinski definition) is 4. The van der Waals surface area contributed by atoms with Crippen molar-refractivity contribution in [3.8, 4) is 0 Å². The Morgan fingerprint density at radius 2 is 2.41 bits per heavy atom. The van der Waals surface area contributed by atoms with Crippen LogP contribution in [0.4, 0.5) is 0 Å².